The number of anilines is 3. The molecule has 3 amide bonds. The average Bonchev–Trinajstić information content (AvgIpc) is 3.10. The molecule has 2 aromatic carbocycles. The van der Waals surface area contributed by atoms with Gasteiger partial charge in [-0.25, -0.2) is 0 Å². The van der Waals surface area contributed by atoms with Crippen molar-refractivity contribution in [1.29, 1.82) is 0 Å². The van der Waals surface area contributed by atoms with Crippen LogP contribution in [0.2, 0.25) is 0 Å². The third kappa shape index (κ3) is 5.22. The Labute approximate surface area is 177 Å². The van der Waals surface area contributed by atoms with E-state index in [0.29, 0.717) is 5.69 Å². The Bertz CT molecular complexity index is 1000. The smallest absolute Gasteiger partial charge is 0.326 e. The molecular weight excluding hydrogens is 411 g/mol. The second-order valence-corrected chi connectivity index (χ2v) is 7.35. The second-order valence-electron chi connectivity index (χ2n) is 7.35. The quantitative estimate of drug-likeness (QED) is 0.741. The summed E-state index contributed by atoms with van der Waals surface area (Å²) in [7, 11) is 0. The molecule has 1 saturated heterocycles. The Morgan fingerprint density at radius 2 is 1.77 bits per heavy atom. The van der Waals surface area contributed by atoms with Crippen molar-refractivity contribution in [1.82, 2.24) is 0 Å². The van der Waals surface area contributed by atoms with Gasteiger partial charge in [0.2, 0.25) is 17.7 Å². The van der Waals surface area contributed by atoms with Gasteiger partial charge in [0.1, 0.15) is 0 Å². The lowest BCUT2D eigenvalue weighted by Gasteiger charge is -2.18. The molecule has 2 aromatic rings. The summed E-state index contributed by atoms with van der Waals surface area (Å²) in [5, 5.41) is 4.59. The lowest BCUT2D eigenvalue weighted by molar-refractivity contribution is -0.137. The molecular formula is C22H22F3N3O3. The first-order chi connectivity index (χ1) is 14.6. The van der Waals surface area contributed by atoms with Gasteiger partial charge in [-0.3, -0.25) is 14.4 Å². The number of halogens is 3. The first kappa shape index (κ1) is 22.3. The molecule has 1 unspecified atom stereocenters. The van der Waals surface area contributed by atoms with E-state index >= 15 is 0 Å². The Morgan fingerprint density at radius 3 is 2.35 bits per heavy atom. The highest BCUT2D eigenvalue weighted by molar-refractivity contribution is 6.04. The molecule has 0 aliphatic carbocycles. The molecule has 3 rings (SSSR count). The summed E-state index contributed by atoms with van der Waals surface area (Å²) in [6.45, 7) is 3.28. The van der Waals surface area contributed by atoms with E-state index in [1.54, 1.807) is 12.1 Å². The summed E-state index contributed by atoms with van der Waals surface area (Å²) >= 11 is 0. The number of carbonyl (C=O) groups excluding carboxylic acids is 3. The summed E-state index contributed by atoms with van der Waals surface area (Å²) in [6.07, 6.45) is -3.98. The van der Waals surface area contributed by atoms with E-state index < -0.39 is 35.2 Å². The second kappa shape index (κ2) is 8.79. The van der Waals surface area contributed by atoms with Crippen LogP contribution in [-0.2, 0) is 27.0 Å². The first-order valence-corrected chi connectivity index (χ1v) is 9.77. The van der Waals surface area contributed by atoms with Gasteiger partial charge in [-0.1, -0.05) is 19.1 Å². The monoisotopic (exact) mass is 433 g/mol. The molecule has 164 valence electrons. The SMILES string of the molecule is CCc1ccc(N2CC(C(=O)Nc3ccc(NC(C)=O)cc3C(F)(F)F)CC2=O)cc1. The van der Waals surface area contributed by atoms with Crippen molar-refractivity contribution in [2.45, 2.75) is 32.9 Å². The molecule has 6 nitrogen and oxygen atoms in total. The minimum Gasteiger partial charge on any atom is -0.326 e. The van der Waals surface area contributed by atoms with E-state index in [1.807, 2.05) is 19.1 Å². The van der Waals surface area contributed by atoms with Gasteiger partial charge in [-0.05, 0) is 42.3 Å². The van der Waals surface area contributed by atoms with Crippen LogP contribution in [0.1, 0.15) is 31.4 Å². The molecule has 0 spiro atoms. The minimum atomic E-state index is -4.74. The van der Waals surface area contributed by atoms with Crippen molar-refractivity contribution >= 4 is 34.8 Å². The fourth-order valence-corrected chi connectivity index (χ4v) is 3.45. The lowest BCUT2D eigenvalue weighted by Crippen LogP contribution is -2.28. The number of rotatable bonds is 5. The average molecular weight is 433 g/mol. The highest BCUT2D eigenvalue weighted by atomic mass is 19.4. The highest BCUT2D eigenvalue weighted by Gasteiger charge is 2.38. The number of hydrogen-bond donors (Lipinski definition) is 2. The molecule has 1 fully saturated rings. The molecule has 0 aromatic heterocycles. The van der Waals surface area contributed by atoms with E-state index in [0.717, 1.165) is 24.1 Å². The summed E-state index contributed by atoms with van der Waals surface area (Å²) in [6, 6.07) is 10.5. The Morgan fingerprint density at radius 1 is 1.10 bits per heavy atom. The molecule has 1 aliphatic rings. The van der Waals surface area contributed by atoms with Crippen LogP contribution in [0.4, 0.5) is 30.2 Å². The molecule has 2 N–H and O–H groups in total. The maximum Gasteiger partial charge on any atom is 0.418 e. The van der Waals surface area contributed by atoms with E-state index in [-0.39, 0.29) is 24.6 Å². The van der Waals surface area contributed by atoms with Crippen LogP contribution in [0, 0.1) is 5.92 Å². The van der Waals surface area contributed by atoms with Crippen LogP contribution in [0.25, 0.3) is 0 Å². The van der Waals surface area contributed by atoms with Crippen molar-refractivity contribution in [3.8, 4) is 0 Å². The molecule has 1 heterocycles. The fraction of sp³-hybridized carbons (Fsp3) is 0.318. The van der Waals surface area contributed by atoms with Gasteiger partial charge in [0, 0.05) is 31.3 Å². The minimum absolute atomic E-state index is 0.0319. The molecule has 1 atom stereocenters. The van der Waals surface area contributed by atoms with Gasteiger partial charge < -0.3 is 15.5 Å². The molecule has 1 aliphatic heterocycles. The number of nitrogens with one attached hydrogen (secondary N) is 2. The van der Waals surface area contributed by atoms with Crippen LogP contribution in [-0.4, -0.2) is 24.3 Å². The maximum absolute atomic E-state index is 13.5. The van der Waals surface area contributed by atoms with Gasteiger partial charge in [0.05, 0.1) is 17.2 Å². The topological polar surface area (TPSA) is 78.5 Å². The third-order valence-electron chi connectivity index (χ3n) is 5.06. The third-order valence-corrected chi connectivity index (χ3v) is 5.06. The number of aryl methyl sites for hydroxylation is 1. The van der Waals surface area contributed by atoms with Gasteiger partial charge in [0.15, 0.2) is 0 Å². The van der Waals surface area contributed by atoms with Gasteiger partial charge in [0.25, 0.3) is 0 Å². The van der Waals surface area contributed by atoms with Crippen molar-refractivity contribution in [3.05, 3.63) is 53.6 Å². The summed E-state index contributed by atoms with van der Waals surface area (Å²) < 4.78 is 40.4. The summed E-state index contributed by atoms with van der Waals surface area (Å²) in [5.74, 6) is -2.23. The molecule has 0 bridgehead atoms. The zero-order chi connectivity index (χ0) is 22.8. The van der Waals surface area contributed by atoms with Crippen LogP contribution in [0.3, 0.4) is 0 Å². The molecule has 9 heteroatoms. The van der Waals surface area contributed by atoms with Crippen LogP contribution in [0.15, 0.2) is 42.5 Å². The number of alkyl halides is 3. The number of carbonyl (C=O) groups is 3. The van der Waals surface area contributed by atoms with Crippen LogP contribution in [0.5, 0.6) is 0 Å². The largest absolute Gasteiger partial charge is 0.418 e. The zero-order valence-corrected chi connectivity index (χ0v) is 17.0. The van der Waals surface area contributed by atoms with Crippen molar-refractivity contribution in [2.75, 3.05) is 22.1 Å². The predicted molar refractivity (Wildman–Crippen MR) is 111 cm³/mol. The van der Waals surface area contributed by atoms with E-state index in [9.17, 15) is 27.6 Å². The Balaban J connectivity index is 1.76. The zero-order valence-electron chi connectivity index (χ0n) is 17.0. The summed E-state index contributed by atoms with van der Waals surface area (Å²) in [5.41, 5.74) is 0.212. The number of amides is 3. The standard InChI is InChI=1S/C22H22F3N3O3/c1-3-14-4-7-17(8-5-14)28-12-15(10-20(28)30)21(31)27-19-9-6-16(26-13(2)29)11-18(19)22(23,24)25/h4-9,11,15H,3,10,12H2,1-2H3,(H,26,29)(H,27,31). The molecule has 31 heavy (non-hydrogen) atoms. The van der Waals surface area contributed by atoms with Gasteiger partial charge in [-0.2, -0.15) is 13.2 Å². The molecule has 0 saturated carbocycles. The van der Waals surface area contributed by atoms with Crippen molar-refractivity contribution in [2.24, 2.45) is 5.92 Å². The van der Waals surface area contributed by atoms with Crippen LogP contribution >= 0.6 is 0 Å². The number of benzene rings is 2. The van der Waals surface area contributed by atoms with Gasteiger partial charge in [-0.15, -0.1) is 0 Å². The first-order valence-electron chi connectivity index (χ1n) is 9.77. The number of nitrogens with zero attached hydrogens (tertiary/aromatic N) is 1. The van der Waals surface area contributed by atoms with E-state index in [2.05, 4.69) is 10.6 Å². The predicted octanol–water partition coefficient (Wildman–Crippen LogP) is 4.22. The van der Waals surface area contributed by atoms with Gasteiger partial charge >= 0.3 is 6.18 Å². The molecule has 0 radical (unpaired) electrons. The Hall–Kier alpha value is -3.36. The maximum atomic E-state index is 13.5. The van der Waals surface area contributed by atoms with Crippen molar-refractivity contribution in [3.63, 3.8) is 0 Å². The van der Waals surface area contributed by atoms with E-state index in [4.69, 9.17) is 0 Å². The Kier molecular flexibility index (Phi) is 6.33. The summed E-state index contributed by atoms with van der Waals surface area (Å²) in [4.78, 5) is 37.6. The lowest BCUT2D eigenvalue weighted by atomic mass is 10.1. The number of hydrogen-bond acceptors (Lipinski definition) is 3. The fourth-order valence-electron chi connectivity index (χ4n) is 3.45. The highest BCUT2D eigenvalue weighted by Crippen LogP contribution is 2.37. The van der Waals surface area contributed by atoms with Crippen LogP contribution < -0.4 is 15.5 Å². The normalized spacial score (nSPS) is 16.4. The van der Waals surface area contributed by atoms with E-state index in [1.165, 1.54) is 17.9 Å². The van der Waals surface area contributed by atoms with Crippen molar-refractivity contribution < 1.29 is 27.6 Å².